The Morgan fingerprint density at radius 2 is 2.19 bits per heavy atom. The highest BCUT2D eigenvalue weighted by atomic mass is 79.9. The van der Waals surface area contributed by atoms with Gasteiger partial charge >= 0.3 is 5.97 Å². The Kier molecular flexibility index (Phi) is 5.01. The van der Waals surface area contributed by atoms with Gasteiger partial charge in [-0.2, -0.15) is 0 Å². The van der Waals surface area contributed by atoms with Crippen molar-refractivity contribution in [2.24, 2.45) is 0 Å². The molecule has 0 fully saturated rings. The van der Waals surface area contributed by atoms with Gasteiger partial charge in [0.2, 0.25) is 0 Å². The van der Waals surface area contributed by atoms with E-state index in [9.17, 15) is 4.79 Å². The fourth-order valence-electron chi connectivity index (χ4n) is 1.80. The summed E-state index contributed by atoms with van der Waals surface area (Å²) in [5, 5.41) is 0. The van der Waals surface area contributed by atoms with Gasteiger partial charge < -0.3 is 4.74 Å². The lowest BCUT2D eigenvalue weighted by molar-refractivity contribution is -0.138. The molecule has 0 aromatic carbocycles. The monoisotopic (exact) mass is 366 g/mol. The Morgan fingerprint density at radius 3 is 2.56 bits per heavy atom. The van der Waals surface area contributed by atoms with Gasteiger partial charge in [0.1, 0.15) is 6.10 Å². The maximum atomic E-state index is 11.1. The lowest BCUT2D eigenvalue weighted by Crippen LogP contribution is -2.35. The summed E-state index contributed by atoms with van der Waals surface area (Å²) in [6.45, 7) is 6.90. The van der Waals surface area contributed by atoms with Crippen LogP contribution in [0.15, 0.2) is 21.6 Å². The summed E-state index contributed by atoms with van der Waals surface area (Å²) < 4.78 is 6.26. The van der Waals surface area contributed by atoms with Crippen LogP contribution in [0.5, 0.6) is 0 Å². The molecule has 1 aliphatic rings. The van der Waals surface area contributed by atoms with Crippen LogP contribution in [-0.2, 0) is 9.53 Å². The Morgan fingerprint density at radius 1 is 1.56 bits per heavy atom. The van der Waals surface area contributed by atoms with Crippen LogP contribution in [0.2, 0.25) is 25.2 Å². The van der Waals surface area contributed by atoms with Crippen molar-refractivity contribution in [1.82, 2.24) is 0 Å². The van der Waals surface area contributed by atoms with Crippen molar-refractivity contribution in [3.05, 3.63) is 21.6 Å². The average Bonchev–Trinajstić information content (AvgIpc) is 2.49. The molecule has 1 heterocycles. The molecule has 1 aliphatic heterocycles. The Labute approximate surface area is 114 Å². The number of carbonyl (C=O) groups is 1. The maximum absolute atomic E-state index is 11.1. The molecule has 0 radical (unpaired) electrons. The van der Waals surface area contributed by atoms with E-state index in [1.165, 1.54) is 6.08 Å². The summed E-state index contributed by atoms with van der Waals surface area (Å²) in [5.41, 5.74) is 0.417. The number of cyclic esters (lactones) is 1. The fraction of sp³-hybridized carbons (Fsp3) is 0.545. The zero-order valence-corrected chi connectivity index (χ0v) is 13.8. The van der Waals surface area contributed by atoms with Gasteiger partial charge in [-0.05, 0) is 49.9 Å². The zero-order chi connectivity index (χ0) is 12.3. The largest absolute Gasteiger partial charge is 0.455 e. The van der Waals surface area contributed by atoms with Gasteiger partial charge in [-0.3, -0.25) is 0 Å². The molecule has 90 valence electrons. The molecule has 0 aromatic heterocycles. The van der Waals surface area contributed by atoms with Crippen molar-refractivity contribution in [1.29, 1.82) is 0 Å². The lowest BCUT2D eigenvalue weighted by Gasteiger charge is -2.31. The van der Waals surface area contributed by atoms with Crippen LogP contribution in [-0.4, -0.2) is 20.1 Å². The smallest absolute Gasteiger partial charge is 0.331 e. The zero-order valence-electron chi connectivity index (χ0n) is 9.67. The number of halogens is 2. The Balaban J connectivity index is 2.77. The second-order valence-electron chi connectivity index (χ2n) is 4.96. The second kappa shape index (κ2) is 5.64. The minimum absolute atomic E-state index is 0.0465. The fourth-order valence-corrected chi connectivity index (χ4v) is 4.16. The minimum Gasteiger partial charge on any atom is -0.455 e. The third-order valence-corrected chi connectivity index (χ3v) is 6.15. The number of allylic oxidation sites excluding steroid dienone is 1. The molecular weight excluding hydrogens is 352 g/mol. The summed E-state index contributed by atoms with van der Waals surface area (Å²) >= 11 is 6.72. The first-order valence-corrected chi connectivity index (χ1v) is 10.4. The molecule has 2 atom stereocenters. The van der Waals surface area contributed by atoms with Crippen molar-refractivity contribution in [3.8, 4) is 0 Å². The number of hydrogen-bond acceptors (Lipinski definition) is 2. The number of esters is 1. The van der Waals surface area contributed by atoms with Gasteiger partial charge in [-0.1, -0.05) is 25.7 Å². The van der Waals surface area contributed by atoms with E-state index in [0.717, 1.165) is 9.81 Å². The molecule has 16 heavy (non-hydrogen) atoms. The van der Waals surface area contributed by atoms with Gasteiger partial charge in [0, 0.05) is 6.08 Å². The molecule has 1 rings (SSSR count). The average molecular weight is 368 g/mol. The van der Waals surface area contributed by atoms with Gasteiger partial charge in [0.25, 0.3) is 0 Å². The molecule has 0 spiro atoms. The van der Waals surface area contributed by atoms with Crippen molar-refractivity contribution >= 4 is 45.9 Å². The standard InChI is InChI=1S/C11H16Br2O2Si/c1-16(2,3)9(5-6-10(12)13)8-4-7-11(14)15-8/h4,6-9H,5H2,1-3H3/t8-,9+/m1/s1. The molecule has 0 amide bonds. The minimum atomic E-state index is -1.36. The number of rotatable bonds is 4. The SMILES string of the molecule is C[Si](C)(C)[C@@H](CC=C(Br)Br)[C@H]1C=CC(=O)O1. The number of hydrogen-bond donors (Lipinski definition) is 0. The van der Waals surface area contributed by atoms with Crippen LogP contribution in [0.4, 0.5) is 0 Å². The Hall–Kier alpha value is 0.127. The molecule has 0 aliphatic carbocycles. The van der Waals surface area contributed by atoms with Gasteiger partial charge in [-0.15, -0.1) is 0 Å². The van der Waals surface area contributed by atoms with Gasteiger partial charge in [-0.25, -0.2) is 4.79 Å². The first-order chi connectivity index (χ1) is 7.30. The van der Waals surface area contributed by atoms with E-state index in [-0.39, 0.29) is 12.1 Å². The highest BCUT2D eigenvalue weighted by molar-refractivity contribution is 9.28. The predicted octanol–water partition coefficient (Wildman–Crippen LogP) is 4.20. The summed E-state index contributed by atoms with van der Waals surface area (Å²) in [6.07, 6.45) is 6.38. The van der Waals surface area contributed by atoms with Crippen LogP contribution in [0.1, 0.15) is 6.42 Å². The first-order valence-electron chi connectivity index (χ1n) is 5.20. The van der Waals surface area contributed by atoms with E-state index in [1.54, 1.807) is 0 Å². The molecule has 0 saturated carbocycles. The molecule has 0 saturated heterocycles. The van der Waals surface area contributed by atoms with E-state index in [1.807, 2.05) is 6.08 Å². The van der Waals surface area contributed by atoms with Crippen LogP contribution in [0.25, 0.3) is 0 Å². The van der Waals surface area contributed by atoms with Crippen molar-refractivity contribution in [3.63, 3.8) is 0 Å². The summed E-state index contributed by atoms with van der Waals surface area (Å²) in [5.74, 6) is -0.213. The molecular formula is C11H16Br2O2Si. The summed E-state index contributed by atoms with van der Waals surface area (Å²) in [7, 11) is -1.36. The van der Waals surface area contributed by atoms with Crippen molar-refractivity contribution in [2.45, 2.75) is 37.7 Å². The van der Waals surface area contributed by atoms with E-state index in [2.05, 4.69) is 57.6 Å². The third-order valence-electron chi connectivity index (χ3n) is 2.71. The topological polar surface area (TPSA) is 26.3 Å². The van der Waals surface area contributed by atoms with E-state index >= 15 is 0 Å². The summed E-state index contributed by atoms with van der Waals surface area (Å²) in [6, 6.07) is 0. The van der Waals surface area contributed by atoms with Crippen LogP contribution >= 0.6 is 31.9 Å². The molecule has 2 nitrogen and oxygen atoms in total. The normalized spacial score (nSPS) is 21.8. The molecule has 5 heteroatoms. The van der Waals surface area contributed by atoms with Crippen LogP contribution in [0.3, 0.4) is 0 Å². The second-order valence-corrected chi connectivity index (χ2v) is 13.2. The van der Waals surface area contributed by atoms with Gasteiger partial charge in [0.15, 0.2) is 0 Å². The molecule has 0 aromatic rings. The first kappa shape index (κ1) is 14.2. The Bertz CT molecular complexity index is 327. The third kappa shape index (κ3) is 4.18. The number of ether oxygens (including phenoxy) is 1. The maximum Gasteiger partial charge on any atom is 0.331 e. The number of carbonyl (C=O) groups excluding carboxylic acids is 1. The molecule has 0 unspecified atom stereocenters. The summed E-state index contributed by atoms with van der Waals surface area (Å²) in [4.78, 5) is 11.1. The van der Waals surface area contributed by atoms with Crippen LogP contribution < -0.4 is 0 Å². The molecule has 0 bridgehead atoms. The van der Waals surface area contributed by atoms with Crippen molar-refractivity contribution in [2.75, 3.05) is 0 Å². The lowest BCUT2D eigenvalue weighted by atomic mass is 10.2. The van der Waals surface area contributed by atoms with Crippen molar-refractivity contribution < 1.29 is 9.53 Å². The predicted molar refractivity (Wildman–Crippen MR) is 76.7 cm³/mol. The highest BCUT2D eigenvalue weighted by Gasteiger charge is 2.35. The van der Waals surface area contributed by atoms with E-state index < -0.39 is 8.07 Å². The van der Waals surface area contributed by atoms with E-state index in [0.29, 0.717) is 5.54 Å². The highest BCUT2D eigenvalue weighted by Crippen LogP contribution is 2.35. The van der Waals surface area contributed by atoms with E-state index in [4.69, 9.17) is 4.74 Å². The van der Waals surface area contributed by atoms with Gasteiger partial charge in [0.05, 0.1) is 11.5 Å². The van der Waals surface area contributed by atoms with Crippen LogP contribution in [0, 0.1) is 0 Å². The molecule has 0 N–H and O–H groups in total. The quantitative estimate of drug-likeness (QED) is 0.549.